The number of hydrogen-bond donors (Lipinski definition) is 1. The molecule has 29 heavy (non-hydrogen) atoms. The Morgan fingerprint density at radius 3 is 2.24 bits per heavy atom. The van der Waals surface area contributed by atoms with E-state index < -0.39 is 16.1 Å². The van der Waals surface area contributed by atoms with E-state index in [1.165, 1.54) is 15.5 Å². The smallest absolute Gasteiger partial charge is 0.411 e. The van der Waals surface area contributed by atoms with E-state index in [4.69, 9.17) is 0 Å². The Labute approximate surface area is 169 Å². The van der Waals surface area contributed by atoms with Crippen LogP contribution < -0.4 is 14.7 Å². The first-order valence-electron chi connectivity index (χ1n) is 9.38. The van der Waals surface area contributed by atoms with Gasteiger partial charge in [-0.2, -0.15) is 4.31 Å². The van der Waals surface area contributed by atoms with Crippen molar-refractivity contribution in [3.05, 3.63) is 42.6 Å². The number of benzene rings is 1. The van der Waals surface area contributed by atoms with Crippen molar-refractivity contribution in [2.45, 2.75) is 0 Å². The van der Waals surface area contributed by atoms with Gasteiger partial charge in [0.15, 0.2) is 0 Å². The number of amides is 1. The van der Waals surface area contributed by atoms with E-state index in [2.05, 4.69) is 9.88 Å². The van der Waals surface area contributed by atoms with Crippen molar-refractivity contribution in [3.8, 4) is 0 Å². The van der Waals surface area contributed by atoms with Crippen LogP contribution in [0.3, 0.4) is 0 Å². The maximum absolute atomic E-state index is 11.7. The Morgan fingerprint density at radius 2 is 1.66 bits per heavy atom. The van der Waals surface area contributed by atoms with E-state index in [1.807, 2.05) is 35.2 Å². The predicted molar refractivity (Wildman–Crippen MR) is 112 cm³/mol. The molecule has 0 radical (unpaired) electrons. The maximum atomic E-state index is 11.7. The first-order chi connectivity index (χ1) is 13.8. The Balaban J connectivity index is 1.52. The second-order valence-corrected chi connectivity index (χ2v) is 9.08. The molecule has 0 atom stereocenters. The van der Waals surface area contributed by atoms with Crippen molar-refractivity contribution in [3.63, 3.8) is 0 Å². The SMILES string of the molecule is CS(=O)(=O)N1CCN(c2ccc(N3CCN(C(=O)O)c4ccccc43)nc2)CC1. The van der Waals surface area contributed by atoms with E-state index in [9.17, 15) is 18.3 Å². The van der Waals surface area contributed by atoms with Crippen LogP contribution in [-0.4, -0.2) is 74.4 Å². The van der Waals surface area contributed by atoms with Crippen molar-refractivity contribution >= 4 is 39.0 Å². The van der Waals surface area contributed by atoms with Gasteiger partial charge in [-0.1, -0.05) is 12.1 Å². The molecule has 0 spiro atoms. The van der Waals surface area contributed by atoms with Crippen LogP contribution in [0.25, 0.3) is 0 Å². The topological polar surface area (TPSA) is 97.3 Å². The highest BCUT2D eigenvalue weighted by Crippen LogP contribution is 2.37. The average molecular weight is 417 g/mol. The summed E-state index contributed by atoms with van der Waals surface area (Å²) in [4.78, 5) is 21.6. The van der Waals surface area contributed by atoms with Gasteiger partial charge in [0.1, 0.15) is 5.82 Å². The number of fused-ring (bicyclic) bond motifs is 1. The molecule has 3 heterocycles. The van der Waals surface area contributed by atoms with Crippen LogP contribution in [-0.2, 0) is 10.0 Å². The summed E-state index contributed by atoms with van der Waals surface area (Å²) in [6.07, 6.45) is 2.06. The van der Waals surface area contributed by atoms with E-state index in [0.717, 1.165) is 17.2 Å². The van der Waals surface area contributed by atoms with Crippen LogP contribution >= 0.6 is 0 Å². The summed E-state index contributed by atoms with van der Waals surface area (Å²) in [5, 5.41) is 9.44. The molecule has 4 rings (SSSR count). The van der Waals surface area contributed by atoms with Crippen molar-refractivity contribution < 1.29 is 18.3 Å². The van der Waals surface area contributed by atoms with E-state index in [1.54, 1.807) is 12.3 Å². The van der Waals surface area contributed by atoms with E-state index >= 15 is 0 Å². The van der Waals surface area contributed by atoms with Crippen molar-refractivity contribution in [1.82, 2.24) is 9.29 Å². The molecule has 9 nitrogen and oxygen atoms in total. The van der Waals surface area contributed by atoms with Gasteiger partial charge in [-0.25, -0.2) is 18.2 Å². The quantitative estimate of drug-likeness (QED) is 0.813. The van der Waals surface area contributed by atoms with Crippen LogP contribution in [0.1, 0.15) is 0 Å². The minimum atomic E-state index is -3.15. The molecular weight excluding hydrogens is 394 g/mol. The number of hydrogen-bond acceptors (Lipinski definition) is 6. The highest BCUT2D eigenvalue weighted by atomic mass is 32.2. The molecule has 10 heteroatoms. The van der Waals surface area contributed by atoms with Gasteiger partial charge in [0.05, 0.1) is 29.5 Å². The largest absolute Gasteiger partial charge is 0.465 e. The predicted octanol–water partition coefficient (Wildman–Crippen LogP) is 1.80. The van der Waals surface area contributed by atoms with Gasteiger partial charge in [-0.15, -0.1) is 0 Å². The molecule has 1 fully saturated rings. The minimum Gasteiger partial charge on any atom is -0.465 e. The van der Waals surface area contributed by atoms with Crippen molar-refractivity contribution in [2.75, 3.05) is 60.2 Å². The zero-order valence-corrected chi connectivity index (χ0v) is 16.9. The summed E-state index contributed by atoms with van der Waals surface area (Å²) in [6, 6.07) is 11.3. The zero-order chi connectivity index (χ0) is 20.6. The van der Waals surface area contributed by atoms with E-state index in [0.29, 0.717) is 45.0 Å². The first kappa shape index (κ1) is 19.5. The lowest BCUT2D eigenvalue weighted by Crippen LogP contribution is -2.48. The number of sulfonamides is 1. The van der Waals surface area contributed by atoms with Gasteiger partial charge >= 0.3 is 6.09 Å². The second-order valence-electron chi connectivity index (χ2n) is 7.10. The Morgan fingerprint density at radius 1 is 0.966 bits per heavy atom. The van der Waals surface area contributed by atoms with Gasteiger partial charge in [-0.05, 0) is 24.3 Å². The first-order valence-corrected chi connectivity index (χ1v) is 11.2. The highest BCUT2D eigenvalue weighted by Gasteiger charge is 2.28. The van der Waals surface area contributed by atoms with Crippen LogP contribution in [0.4, 0.5) is 27.7 Å². The van der Waals surface area contributed by atoms with Crippen molar-refractivity contribution in [2.24, 2.45) is 0 Å². The summed E-state index contributed by atoms with van der Waals surface area (Å²) >= 11 is 0. The second kappa shape index (κ2) is 7.53. The van der Waals surface area contributed by atoms with Crippen LogP contribution in [0.5, 0.6) is 0 Å². The van der Waals surface area contributed by atoms with Gasteiger partial charge in [0.25, 0.3) is 0 Å². The summed E-state index contributed by atoms with van der Waals surface area (Å²) in [7, 11) is -3.15. The molecule has 1 aromatic heterocycles. The van der Waals surface area contributed by atoms with Crippen LogP contribution in [0.2, 0.25) is 0 Å². The lowest BCUT2D eigenvalue weighted by Gasteiger charge is -2.36. The Hall–Kier alpha value is -2.85. The minimum absolute atomic E-state index is 0.364. The maximum Gasteiger partial charge on any atom is 0.411 e. The van der Waals surface area contributed by atoms with Gasteiger partial charge in [0.2, 0.25) is 10.0 Å². The van der Waals surface area contributed by atoms with E-state index in [-0.39, 0.29) is 0 Å². The monoisotopic (exact) mass is 417 g/mol. The highest BCUT2D eigenvalue weighted by molar-refractivity contribution is 7.88. The molecule has 1 amide bonds. The standard InChI is InChI=1S/C19H23N5O4S/c1-29(27,28)22-10-8-21(9-11-22)15-6-7-18(20-14-15)23-12-13-24(19(25)26)17-5-3-2-4-16(17)23/h2-7,14H,8-13H2,1H3,(H,25,26). The summed E-state index contributed by atoms with van der Waals surface area (Å²) in [5.74, 6) is 0.751. The number of anilines is 4. The van der Waals surface area contributed by atoms with Gasteiger partial charge in [0, 0.05) is 39.3 Å². The molecule has 2 aliphatic rings. The van der Waals surface area contributed by atoms with Gasteiger partial charge in [-0.3, -0.25) is 4.90 Å². The molecular formula is C19H23N5O4S. The Kier molecular flexibility index (Phi) is 5.05. The normalized spacial score (nSPS) is 17.9. The molecule has 1 saturated heterocycles. The molecule has 2 aromatic rings. The molecule has 0 unspecified atom stereocenters. The lowest BCUT2D eigenvalue weighted by atomic mass is 10.1. The number of carbonyl (C=O) groups is 1. The third-order valence-corrected chi connectivity index (χ3v) is 6.63. The third-order valence-electron chi connectivity index (χ3n) is 5.32. The Bertz CT molecular complexity index is 1000. The number of piperazine rings is 1. The number of rotatable bonds is 3. The number of carboxylic acid groups (broad SMARTS) is 1. The van der Waals surface area contributed by atoms with Gasteiger partial charge < -0.3 is 14.9 Å². The zero-order valence-electron chi connectivity index (χ0n) is 16.1. The number of nitrogens with zero attached hydrogens (tertiary/aromatic N) is 5. The summed E-state index contributed by atoms with van der Waals surface area (Å²) in [6.45, 7) is 3.05. The number of para-hydroxylation sites is 2. The van der Waals surface area contributed by atoms with Crippen molar-refractivity contribution in [1.29, 1.82) is 0 Å². The average Bonchev–Trinajstić information content (AvgIpc) is 2.72. The molecule has 1 aromatic carbocycles. The fraction of sp³-hybridized carbons (Fsp3) is 0.368. The molecule has 0 aliphatic carbocycles. The third kappa shape index (κ3) is 3.85. The van der Waals surface area contributed by atoms with Crippen LogP contribution in [0.15, 0.2) is 42.6 Å². The van der Waals surface area contributed by atoms with Crippen LogP contribution in [0, 0.1) is 0 Å². The number of pyridine rings is 1. The molecule has 154 valence electrons. The molecule has 0 saturated carbocycles. The fourth-order valence-electron chi connectivity index (χ4n) is 3.80. The number of aromatic nitrogens is 1. The molecule has 2 aliphatic heterocycles. The summed E-state index contributed by atoms with van der Waals surface area (Å²) < 4.78 is 24.8. The fourth-order valence-corrected chi connectivity index (χ4v) is 4.63. The molecule has 0 bridgehead atoms. The lowest BCUT2D eigenvalue weighted by molar-refractivity contribution is 0.201. The summed E-state index contributed by atoms with van der Waals surface area (Å²) in [5.41, 5.74) is 2.40. The molecule has 1 N–H and O–H groups in total.